The molecule has 124 valence electrons. The molecule has 23 heavy (non-hydrogen) atoms. The lowest BCUT2D eigenvalue weighted by atomic mass is 10.1. The Hall–Kier alpha value is -2.15. The van der Waals surface area contributed by atoms with Crippen molar-refractivity contribution in [2.24, 2.45) is 0 Å². The van der Waals surface area contributed by atoms with Crippen molar-refractivity contribution in [3.63, 3.8) is 0 Å². The van der Waals surface area contributed by atoms with Crippen molar-refractivity contribution >= 4 is 23.2 Å². The summed E-state index contributed by atoms with van der Waals surface area (Å²) in [7, 11) is 1.34. The molecule has 0 radical (unpaired) electrons. The minimum Gasteiger partial charge on any atom is -0.469 e. The Labute approximate surface area is 139 Å². The highest BCUT2D eigenvalue weighted by molar-refractivity contribution is 7.10. The number of methoxy groups -OCH3 is 1. The van der Waals surface area contributed by atoms with Crippen LogP contribution < -0.4 is 5.32 Å². The molecule has 0 fully saturated rings. The third kappa shape index (κ3) is 4.19. The van der Waals surface area contributed by atoms with Gasteiger partial charge in [-0.05, 0) is 38.3 Å². The predicted octanol–water partition coefficient (Wildman–Crippen LogP) is 2.54. The normalized spacial score (nSPS) is 13.4. The van der Waals surface area contributed by atoms with Crippen LogP contribution in [0.2, 0.25) is 0 Å². The van der Waals surface area contributed by atoms with E-state index in [-0.39, 0.29) is 18.3 Å². The molecule has 0 spiro atoms. The number of rotatable bonds is 6. The standard InChI is InChI=1S/C16H21N3O3S/c1-10-8-11(2)19(18-10)12(3)16(21)17-13(9-15(20)22-4)14-6-5-7-23-14/h5-8,12-13H,9H2,1-4H3,(H,17,21). The van der Waals surface area contributed by atoms with Gasteiger partial charge < -0.3 is 10.1 Å². The molecule has 2 rings (SSSR count). The number of hydrogen-bond donors (Lipinski definition) is 1. The molecule has 6 nitrogen and oxygen atoms in total. The highest BCUT2D eigenvalue weighted by atomic mass is 32.1. The molecule has 2 heterocycles. The van der Waals surface area contributed by atoms with Crippen LogP contribution in [0.25, 0.3) is 0 Å². The third-order valence-electron chi connectivity index (χ3n) is 3.59. The lowest BCUT2D eigenvalue weighted by Crippen LogP contribution is -2.35. The summed E-state index contributed by atoms with van der Waals surface area (Å²) >= 11 is 1.50. The van der Waals surface area contributed by atoms with Gasteiger partial charge in [-0.3, -0.25) is 14.3 Å². The zero-order valence-electron chi connectivity index (χ0n) is 13.7. The molecule has 0 aliphatic carbocycles. The van der Waals surface area contributed by atoms with Crippen molar-refractivity contribution in [1.82, 2.24) is 15.1 Å². The average molecular weight is 335 g/mol. The molecule has 0 aliphatic heterocycles. The van der Waals surface area contributed by atoms with Crippen LogP contribution in [-0.4, -0.2) is 28.8 Å². The van der Waals surface area contributed by atoms with Gasteiger partial charge in [-0.15, -0.1) is 11.3 Å². The molecule has 2 aromatic heterocycles. The van der Waals surface area contributed by atoms with E-state index in [9.17, 15) is 9.59 Å². The first-order valence-electron chi connectivity index (χ1n) is 7.35. The summed E-state index contributed by atoms with van der Waals surface area (Å²) in [6.07, 6.45) is 0.104. The number of aryl methyl sites for hydroxylation is 2. The summed E-state index contributed by atoms with van der Waals surface area (Å²) in [6, 6.07) is 4.86. The van der Waals surface area contributed by atoms with Gasteiger partial charge in [-0.1, -0.05) is 6.07 Å². The number of hydrogen-bond acceptors (Lipinski definition) is 5. The van der Waals surface area contributed by atoms with Gasteiger partial charge in [-0.25, -0.2) is 0 Å². The van der Waals surface area contributed by atoms with Crippen molar-refractivity contribution in [2.45, 2.75) is 39.3 Å². The van der Waals surface area contributed by atoms with Crippen molar-refractivity contribution in [2.75, 3.05) is 7.11 Å². The van der Waals surface area contributed by atoms with Gasteiger partial charge in [0.2, 0.25) is 5.91 Å². The van der Waals surface area contributed by atoms with E-state index >= 15 is 0 Å². The maximum absolute atomic E-state index is 12.6. The Morgan fingerprint density at radius 1 is 1.43 bits per heavy atom. The Kier molecular flexibility index (Phi) is 5.54. The third-order valence-corrected chi connectivity index (χ3v) is 4.58. The molecular weight excluding hydrogens is 314 g/mol. The molecule has 0 bridgehead atoms. The molecule has 0 aromatic carbocycles. The summed E-state index contributed by atoms with van der Waals surface area (Å²) in [5, 5.41) is 9.19. The number of carbonyl (C=O) groups excluding carboxylic acids is 2. The predicted molar refractivity (Wildman–Crippen MR) is 88.2 cm³/mol. The summed E-state index contributed by atoms with van der Waals surface area (Å²) in [5.41, 5.74) is 1.79. The number of carbonyl (C=O) groups is 2. The fourth-order valence-corrected chi connectivity index (χ4v) is 3.18. The molecule has 7 heteroatoms. The number of aromatic nitrogens is 2. The minimum absolute atomic E-state index is 0.104. The SMILES string of the molecule is COC(=O)CC(NC(=O)C(C)n1nc(C)cc1C)c1cccs1. The number of esters is 1. The van der Waals surface area contributed by atoms with Gasteiger partial charge in [0.15, 0.2) is 0 Å². The summed E-state index contributed by atoms with van der Waals surface area (Å²) in [5.74, 6) is -0.541. The van der Waals surface area contributed by atoms with E-state index in [1.165, 1.54) is 18.4 Å². The van der Waals surface area contributed by atoms with Crippen LogP contribution in [0, 0.1) is 13.8 Å². The smallest absolute Gasteiger partial charge is 0.307 e. The zero-order valence-corrected chi connectivity index (χ0v) is 14.5. The van der Waals surface area contributed by atoms with Crippen LogP contribution in [0.1, 0.15) is 41.7 Å². The van der Waals surface area contributed by atoms with Crippen LogP contribution in [0.5, 0.6) is 0 Å². The summed E-state index contributed by atoms with van der Waals surface area (Å²) < 4.78 is 6.41. The monoisotopic (exact) mass is 335 g/mol. The maximum atomic E-state index is 12.6. The van der Waals surface area contributed by atoms with Gasteiger partial charge in [-0.2, -0.15) is 5.10 Å². The Morgan fingerprint density at radius 2 is 2.17 bits per heavy atom. The van der Waals surface area contributed by atoms with Crippen LogP contribution in [0.15, 0.2) is 23.6 Å². The second-order valence-corrected chi connectivity index (χ2v) is 6.38. The molecule has 1 N–H and O–H groups in total. The molecule has 2 unspecified atom stereocenters. The van der Waals surface area contributed by atoms with Gasteiger partial charge in [0, 0.05) is 10.6 Å². The van der Waals surface area contributed by atoms with Crippen molar-refractivity contribution in [3.8, 4) is 0 Å². The highest BCUT2D eigenvalue weighted by Crippen LogP contribution is 2.23. The fraction of sp³-hybridized carbons (Fsp3) is 0.438. The quantitative estimate of drug-likeness (QED) is 0.823. The summed E-state index contributed by atoms with van der Waals surface area (Å²) in [4.78, 5) is 25.1. The van der Waals surface area contributed by atoms with E-state index in [0.717, 1.165) is 16.3 Å². The second kappa shape index (κ2) is 7.41. The van der Waals surface area contributed by atoms with Gasteiger partial charge in [0.1, 0.15) is 6.04 Å². The number of amides is 1. The lowest BCUT2D eigenvalue weighted by Gasteiger charge is -2.20. The number of ether oxygens (including phenoxy) is 1. The topological polar surface area (TPSA) is 73.2 Å². The second-order valence-electron chi connectivity index (χ2n) is 5.40. The minimum atomic E-state index is -0.455. The Bertz CT molecular complexity index is 679. The number of nitrogens with one attached hydrogen (secondary N) is 1. The number of thiophene rings is 1. The van der Waals surface area contributed by atoms with Gasteiger partial charge in [0.25, 0.3) is 0 Å². The first kappa shape index (κ1) is 17.2. The van der Waals surface area contributed by atoms with Crippen molar-refractivity contribution in [1.29, 1.82) is 0 Å². The zero-order chi connectivity index (χ0) is 17.0. The molecule has 2 aromatic rings. The molecule has 2 atom stereocenters. The van der Waals surface area contributed by atoms with E-state index in [1.807, 2.05) is 37.4 Å². The van der Waals surface area contributed by atoms with E-state index in [2.05, 4.69) is 10.4 Å². The van der Waals surface area contributed by atoms with E-state index in [0.29, 0.717) is 0 Å². The Balaban J connectivity index is 2.13. The van der Waals surface area contributed by atoms with Crippen LogP contribution in [0.4, 0.5) is 0 Å². The average Bonchev–Trinajstić information content (AvgIpc) is 3.15. The van der Waals surface area contributed by atoms with Gasteiger partial charge in [0.05, 0.1) is 25.3 Å². The van der Waals surface area contributed by atoms with E-state index in [1.54, 1.807) is 11.6 Å². The van der Waals surface area contributed by atoms with E-state index in [4.69, 9.17) is 4.74 Å². The van der Waals surface area contributed by atoms with Crippen molar-refractivity contribution < 1.29 is 14.3 Å². The maximum Gasteiger partial charge on any atom is 0.307 e. The Morgan fingerprint density at radius 3 is 2.70 bits per heavy atom. The van der Waals surface area contributed by atoms with Crippen LogP contribution in [-0.2, 0) is 14.3 Å². The van der Waals surface area contributed by atoms with Crippen molar-refractivity contribution in [3.05, 3.63) is 39.8 Å². The van der Waals surface area contributed by atoms with Crippen LogP contribution in [0.3, 0.4) is 0 Å². The summed E-state index contributed by atoms with van der Waals surface area (Å²) in [6.45, 7) is 5.59. The van der Waals surface area contributed by atoms with Crippen LogP contribution >= 0.6 is 11.3 Å². The molecule has 0 saturated carbocycles. The molecule has 1 amide bonds. The largest absolute Gasteiger partial charge is 0.469 e. The number of nitrogens with zero attached hydrogens (tertiary/aromatic N) is 2. The van der Waals surface area contributed by atoms with Gasteiger partial charge >= 0.3 is 5.97 Å². The highest BCUT2D eigenvalue weighted by Gasteiger charge is 2.24. The molecule has 0 saturated heterocycles. The molecule has 0 aliphatic rings. The lowest BCUT2D eigenvalue weighted by molar-refractivity contribution is -0.141. The first-order valence-corrected chi connectivity index (χ1v) is 8.23. The fourth-order valence-electron chi connectivity index (χ4n) is 2.40. The molecular formula is C16H21N3O3S. The first-order chi connectivity index (χ1) is 10.9. The van der Waals surface area contributed by atoms with E-state index < -0.39 is 12.1 Å².